The Labute approximate surface area is 184 Å². The minimum Gasteiger partial charge on any atom is -0.507 e. The van der Waals surface area contributed by atoms with Gasteiger partial charge in [-0.25, -0.2) is 0 Å². The number of carbonyl (C=O) groups excluding carboxylic acids is 2. The van der Waals surface area contributed by atoms with E-state index >= 15 is 0 Å². The van der Waals surface area contributed by atoms with Gasteiger partial charge in [-0.1, -0.05) is 12.7 Å². The van der Waals surface area contributed by atoms with E-state index in [1.54, 1.807) is 30.3 Å². The number of rotatable bonds is 9. The van der Waals surface area contributed by atoms with Gasteiger partial charge in [0, 0.05) is 31.4 Å². The average molecular weight is 438 g/mol. The molecule has 0 saturated carbocycles. The van der Waals surface area contributed by atoms with Gasteiger partial charge in [0.05, 0.1) is 23.1 Å². The third-order valence-electron chi connectivity index (χ3n) is 4.99. The summed E-state index contributed by atoms with van der Waals surface area (Å²) in [7, 11) is 1.47. The van der Waals surface area contributed by atoms with E-state index in [-0.39, 0.29) is 30.2 Å². The number of Topliss-reactive ketones (excluding diaryl/α,β-unsaturated/α-hetero) is 1. The number of likely N-dealkylation sites (tertiary alicyclic amines) is 1. The van der Waals surface area contributed by atoms with E-state index in [0.29, 0.717) is 23.5 Å². The summed E-state index contributed by atoms with van der Waals surface area (Å²) in [5, 5.41) is 22.0. The molecule has 9 nitrogen and oxygen atoms in total. The number of benzene rings is 2. The zero-order valence-electron chi connectivity index (χ0n) is 17.4. The van der Waals surface area contributed by atoms with Gasteiger partial charge in [-0.05, 0) is 42.0 Å². The van der Waals surface area contributed by atoms with Crippen molar-refractivity contribution >= 4 is 23.1 Å². The summed E-state index contributed by atoms with van der Waals surface area (Å²) < 4.78 is 10.5. The molecule has 2 aromatic rings. The van der Waals surface area contributed by atoms with Gasteiger partial charge in [-0.2, -0.15) is 0 Å². The van der Waals surface area contributed by atoms with E-state index in [1.807, 2.05) is 0 Å². The van der Waals surface area contributed by atoms with Gasteiger partial charge < -0.3 is 19.5 Å². The SMILES string of the molecule is C=CCOc1ccc(/C(O)=C2\C(=O)C(=O)N(CCOC)C2c2ccc([N+](=O)[O-])cc2)cc1. The van der Waals surface area contributed by atoms with Crippen LogP contribution in [0.5, 0.6) is 5.75 Å². The lowest BCUT2D eigenvalue weighted by molar-refractivity contribution is -0.384. The maximum atomic E-state index is 12.9. The molecule has 1 heterocycles. The molecular weight excluding hydrogens is 416 g/mol. The van der Waals surface area contributed by atoms with Crippen molar-refractivity contribution in [3.63, 3.8) is 0 Å². The van der Waals surface area contributed by atoms with Crippen LogP contribution in [-0.4, -0.2) is 53.5 Å². The Bertz CT molecular complexity index is 1060. The Morgan fingerprint density at radius 1 is 1.19 bits per heavy atom. The molecule has 9 heteroatoms. The average Bonchev–Trinajstić information content (AvgIpc) is 3.06. The summed E-state index contributed by atoms with van der Waals surface area (Å²) in [4.78, 5) is 37.3. The molecule has 1 unspecified atom stereocenters. The summed E-state index contributed by atoms with van der Waals surface area (Å²) in [5.41, 5.74) is 0.559. The van der Waals surface area contributed by atoms with E-state index in [9.17, 15) is 24.8 Å². The molecule has 2 aromatic carbocycles. The zero-order chi connectivity index (χ0) is 23.3. The number of nitro benzene ring substituents is 1. The fourth-order valence-corrected chi connectivity index (χ4v) is 3.44. The van der Waals surface area contributed by atoms with Crippen molar-refractivity contribution in [2.24, 2.45) is 0 Å². The molecule has 0 radical (unpaired) electrons. The summed E-state index contributed by atoms with van der Waals surface area (Å²) in [6.45, 7) is 4.17. The lowest BCUT2D eigenvalue weighted by Gasteiger charge is -2.25. The first-order valence-electron chi connectivity index (χ1n) is 9.74. The number of nitro groups is 1. The van der Waals surface area contributed by atoms with Crippen LogP contribution in [0.25, 0.3) is 5.76 Å². The van der Waals surface area contributed by atoms with Crippen LogP contribution >= 0.6 is 0 Å². The third kappa shape index (κ3) is 4.52. The van der Waals surface area contributed by atoms with E-state index in [4.69, 9.17) is 9.47 Å². The molecule has 0 aliphatic carbocycles. The van der Waals surface area contributed by atoms with Crippen molar-refractivity contribution in [1.82, 2.24) is 4.90 Å². The zero-order valence-corrected chi connectivity index (χ0v) is 17.4. The van der Waals surface area contributed by atoms with Crippen LogP contribution in [-0.2, 0) is 14.3 Å². The van der Waals surface area contributed by atoms with Crippen LogP contribution in [0.3, 0.4) is 0 Å². The van der Waals surface area contributed by atoms with Crippen LogP contribution in [0.15, 0.2) is 66.8 Å². The second kappa shape index (κ2) is 9.88. The molecule has 1 N–H and O–H groups in total. The smallest absolute Gasteiger partial charge is 0.295 e. The number of ketones is 1. The number of hydrogen-bond donors (Lipinski definition) is 1. The molecule has 1 saturated heterocycles. The van der Waals surface area contributed by atoms with Gasteiger partial charge >= 0.3 is 0 Å². The van der Waals surface area contributed by atoms with E-state index in [2.05, 4.69) is 6.58 Å². The minimum atomic E-state index is -0.914. The molecular formula is C23H22N2O7. The number of amides is 1. The molecule has 166 valence electrons. The van der Waals surface area contributed by atoms with E-state index in [0.717, 1.165) is 0 Å². The van der Waals surface area contributed by atoms with Gasteiger partial charge in [-0.3, -0.25) is 19.7 Å². The number of carbonyl (C=O) groups is 2. The first-order valence-corrected chi connectivity index (χ1v) is 9.74. The molecule has 3 rings (SSSR count). The number of aliphatic hydroxyl groups is 1. The number of methoxy groups -OCH3 is 1. The highest BCUT2D eigenvalue weighted by Crippen LogP contribution is 2.39. The van der Waals surface area contributed by atoms with Gasteiger partial charge in [0.2, 0.25) is 0 Å². The molecule has 1 fully saturated rings. The van der Waals surface area contributed by atoms with Crippen molar-refractivity contribution in [2.75, 3.05) is 26.9 Å². The summed E-state index contributed by atoms with van der Waals surface area (Å²) in [6, 6.07) is 11.0. The quantitative estimate of drug-likeness (QED) is 0.159. The maximum absolute atomic E-state index is 12.9. The summed E-state index contributed by atoms with van der Waals surface area (Å²) in [6.07, 6.45) is 1.60. The number of non-ortho nitro benzene ring substituents is 1. The monoisotopic (exact) mass is 438 g/mol. The van der Waals surface area contributed by atoms with Crippen molar-refractivity contribution in [3.8, 4) is 5.75 Å². The van der Waals surface area contributed by atoms with Crippen molar-refractivity contribution in [3.05, 3.63) is 88.0 Å². The number of hydrogen-bond acceptors (Lipinski definition) is 7. The second-order valence-electron chi connectivity index (χ2n) is 6.96. The predicted octanol–water partition coefficient (Wildman–Crippen LogP) is 3.23. The topological polar surface area (TPSA) is 119 Å². The highest BCUT2D eigenvalue weighted by atomic mass is 16.6. The summed E-state index contributed by atoms with van der Waals surface area (Å²) >= 11 is 0. The Kier molecular flexibility index (Phi) is 7.01. The molecule has 1 aliphatic rings. The molecule has 0 aromatic heterocycles. The fourth-order valence-electron chi connectivity index (χ4n) is 3.44. The first-order chi connectivity index (χ1) is 15.4. The van der Waals surface area contributed by atoms with Crippen molar-refractivity contribution in [1.29, 1.82) is 0 Å². The highest BCUT2D eigenvalue weighted by molar-refractivity contribution is 6.46. The Balaban J connectivity index is 2.07. The van der Waals surface area contributed by atoms with Gasteiger partial charge in [0.15, 0.2) is 0 Å². The standard InChI is InChI=1S/C23H22N2O7/c1-3-13-32-18-10-6-16(7-11-18)21(26)19-20(15-4-8-17(9-5-15)25(29)30)24(12-14-31-2)23(28)22(19)27/h3-11,20,26H,1,12-14H2,2H3/b21-19+. The van der Waals surface area contributed by atoms with E-state index in [1.165, 1.54) is 36.3 Å². The summed E-state index contributed by atoms with van der Waals surface area (Å²) in [5.74, 6) is -1.41. The Morgan fingerprint density at radius 3 is 2.41 bits per heavy atom. The number of aliphatic hydroxyl groups excluding tert-OH is 1. The normalized spacial score (nSPS) is 17.4. The maximum Gasteiger partial charge on any atom is 0.295 e. The van der Waals surface area contributed by atoms with Crippen LogP contribution < -0.4 is 4.74 Å². The second-order valence-corrected chi connectivity index (χ2v) is 6.96. The predicted molar refractivity (Wildman–Crippen MR) is 116 cm³/mol. The Hall–Kier alpha value is -3.98. The molecule has 1 atom stereocenters. The van der Waals surface area contributed by atoms with Crippen LogP contribution in [0.1, 0.15) is 17.2 Å². The first kappa shape index (κ1) is 22.7. The van der Waals surface area contributed by atoms with Gasteiger partial charge in [0.1, 0.15) is 18.1 Å². The van der Waals surface area contributed by atoms with Crippen LogP contribution in [0.2, 0.25) is 0 Å². The fraction of sp³-hybridized carbons (Fsp3) is 0.217. The molecule has 32 heavy (non-hydrogen) atoms. The Morgan fingerprint density at radius 2 is 1.84 bits per heavy atom. The highest BCUT2D eigenvalue weighted by Gasteiger charge is 2.45. The lowest BCUT2D eigenvalue weighted by atomic mass is 9.95. The molecule has 1 amide bonds. The molecule has 0 spiro atoms. The molecule has 0 bridgehead atoms. The largest absolute Gasteiger partial charge is 0.507 e. The van der Waals surface area contributed by atoms with Gasteiger partial charge in [-0.15, -0.1) is 0 Å². The van der Waals surface area contributed by atoms with Crippen molar-refractivity contribution < 1.29 is 29.1 Å². The van der Waals surface area contributed by atoms with Crippen LogP contribution in [0.4, 0.5) is 5.69 Å². The number of nitrogens with zero attached hydrogens (tertiary/aromatic N) is 2. The van der Waals surface area contributed by atoms with Gasteiger partial charge in [0.25, 0.3) is 17.4 Å². The lowest BCUT2D eigenvalue weighted by Crippen LogP contribution is -2.32. The molecule has 1 aliphatic heterocycles. The van der Waals surface area contributed by atoms with E-state index < -0.39 is 22.7 Å². The minimum absolute atomic E-state index is 0.0975. The van der Waals surface area contributed by atoms with Crippen molar-refractivity contribution in [2.45, 2.75) is 6.04 Å². The number of ether oxygens (including phenoxy) is 2. The third-order valence-corrected chi connectivity index (χ3v) is 4.99. The van der Waals surface area contributed by atoms with Crippen LogP contribution in [0, 0.1) is 10.1 Å².